The number of carbonyl (C=O) groups excluding carboxylic acids is 1. The Morgan fingerprint density at radius 1 is 1.33 bits per heavy atom. The molecule has 0 bridgehead atoms. The Labute approximate surface area is 127 Å². The van der Waals surface area contributed by atoms with Crippen LogP contribution in [0.15, 0.2) is 5.16 Å². The van der Waals surface area contributed by atoms with Crippen LogP contribution in [-0.2, 0) is 4.79 Å². The number of hydrogen-bond donors (Lipinski definition) is 2. The van der Waals surface area contributed by atoms with E-state index in [1.54, 1.807) is 0 Å². The first-order valence-corrected chi connectivity index (χ1v) is 7.92. The van der Waals surface area contributed by atoms with Crippen LogP contribution < -0.4 is 5.73 Å². The number of fused-ring (bicyclic) bond motifs is 1. The Hall–Kier alpha value is -1.30. The van der Waals surface area contributed by atoms with E-state index in [0.717, 1.165) is 26.1 Å². The molecule has 0 aliphatic carbocycles. The first-order chi connectivity index (χ1) is 9.95. The number of piperidine rings is 2. The smallest absolute Gasteiger partial charge is 0.233 e. The minimum Gasteiger partial charge on any atom is -0.409 e. The summed E-state index contributed by atoms with van der Waals surface area (Å²) in [6.07, 6.45) is 3.41. The average molecular weight is 296 g/mol. The maximum atomic E-state index is 12.7. The molecule has 0 aromatic rings. The monoisotopic (exact) mass is 296 g/mol. The summed E-state index contributed by atoms with van der Waals surface area (Å²) in [5.74, 6) is 0.0967. The molecule has 0 radical (unpaired) electrons. The van der Waals surface area contributed by atoms with E-state index in [1.165, 1.54) is 12.8 Å². The summed E-state index contributed by atoms with van der Waals surface area (Å²) < 4.78 is 0. The van der Waals surface area contributed by atoms with Crippen molar-refractivity contribution in [3.05, 3.63) is 0 Å². The highest BCUT2D eigenvalue weighted by atomic mass is 16.4. The van der Waals surface area contributed by atoms with Crippen molar-refractivity contribution < 1.29 is 10.0 Å². The number of hydrogen-bond acceptors (Lipinski definition) is 4. The number of amidine groups is 1. The van der Waals surface area contributed by atoms with Crippen LogP contribution in [0.2, 0.25) is 0 Å². The summed E-state index contributed by atoms with van der Waals surface area (Å²) in [6.45, 7) is 6.60. The number of carbonyl (C=O) groups is 1. The van der Waals surface area contributed by atoms with E-state index in [0.29, 0.717) is 12.0 Å². The molecule has 1 amide bonds. The van der Waals surface area contributed by atoms with E-state index in [4.69, 9.17) is 10.9 Å². The van der Waals surface area contributed by atoms with Crippen molar-refractivity contribution >= 4 is 11.7 Å². The summed E-state index contributed by atoms with van der Waals surface area (Å²) in [7, 11) is 2.18. The van der Waals surface area contributed by atoms with Gasteiger partial charge in [-0.2, -0.15) is 0 Å². The van der Waals surface area contributed by atoms with E-state index in [1.807, 2.05) is 18.7 Å². The van der Waals surface area contributed by atoms with Gasteiger partial charge in [0.25, 0.3) is 0 Å². The van der Waals surface area contributed by atoms with Gasteiger partial charge in [-0.15, -0.1) is 0 Å². The molecule has 3 N–H and O–H groups in total. The molecule has 2 aliphatic rings. The first kappa shape index (κ1) is 16.1. The second-order valence-corrected chi connectivity index (χ2v) is 6.77. The molecule has 120 valence electrons. The molecule has 6 nitrogen and oxygen atoms in total. The zero-order valence-corrected chi connectivity index (χ0v) is 13.3. The van der Waals surface area contributed by atoms with E-state index in [2.05, 4.69) is 17.1 Å². The second kappa shape index (κ2) is 6.64. The molecule has 2 saturated heterocycles. The Morgan fingerprint density at radius 2 is 2.05 bits per heavy atom. The van der Waals surface area contributed by atoms with E-state index < -0.39 is 5.92 Å². The number of nitrogens with zero attached hydrogens (tertiary/aromatic N) is 3. The van der Waals surface area contributed by atoms with Gasteiger partial charge in [0.1, 0.15) is 5.92 Å². The van der Waals surface area contributed by atoms with Crippen LogP contribution in [0, 0.1) is 17.8 Å². The summed E-state index contributed by atoms with van der Waals surface area (Å²) >= 11 is 0. The predicted molar refractivity (Wildman–Crippen MR) is 82.1 cm³/mol. The third-order valence-corrected chi connectivity index (χ3v) is 5.02. The molecule has 0 aromatic heterocycles. The van der Waals surface area contributed by atoms with Crippen molar-refractivity contribution in [1.82, 2.24) is 9.80 Å². The highest BCUT2D eigenvalue weighted by Gasteiger charge is 2.38. The number of nitrogens with two attached hydrogens (primary N) is 1. The van der Waals surface area contributed by atoms with Crippen LogP contribution in [0.3, 0.4) is 0 Å². The Bertz CT molecular complexity index is 410. The van der Waals surface area contributed by atoms with Crippen molar-refractivity contribution in [3.8, 4) is 0 Å². The fourth-order valence-electron chi connectivity index (χ4n) is 3.86. The van der Waals surface area contributed by atoms with Gasteiger partial charge < -0.3 is 20.7 Å². The number of rotatable bonds is 3. The lowest BCUT2D eigenvalue weighted by molar-refractivity contribution is -0.138. The Kier molecular flexibility index (Phi) is 5.08. The van der Waals surface area contributed by atoms with Crippen molar-refractivity contribution in [3.63, 3.8) is 0 Å². The minimum atomic E-state index is -0.520. The maximum absolute atomic E-state index is 12.7. The molecule has 2 fully saturated rings. The van der Waals surface area contributed by atoms with Crippen molar-refractivity contribution in [2.45, 2.75) is 39.2 Å². The lowest BCUT2D eigenvalue weighted by Gasteiger charge is -2.46. The predicted octanol–water partition coefficient (Wildman–Crippen LogP) is 0.948. The van der Waals surface area contributed by atoms with Gasteiger partial charge in [0.15, 0.2) is 5.84 Å². The zero-order valence-electron chi connectivity index (χ0n) is 13.3. The van der Waals surface area contributed by atoms with Crippen LogP contribution in [0.25, 0.3) is 0 Å². The van der Waals surface area contributed by atoms with Gasteiger partial charge in [-0.25, -0.2) is 0 Å². The molecule has 2 rings (SSSR count). The molecule has 0 saturated carbocycles. The van der Waals surface area contributed by atoms with Gasteiger partial charge >= 0.3 is 0 Å². The van der Waals surface area contributed by atoms with Crippen molar-refractivity contribution in [1.29, 1.82) is 0 Å². The van der Waals surface area contributed by atoms with Crippen molar-refractivity contribution in [2.75, 3.05) is 26.7 Å². The van der Waals surface area contributed by atoms with Crippen LogP contribution >= 0.6 is 0 Å². The Balaban J connectivity index is 2.06. The molecule has 2 aliphatic heterocycles. The second-order valence-electron chi connectivity index (χ2n) is 6.77. The molecule has 0 spiro atoms. The molecule has 6 heteroatoms. The van der Waals surface area contributed by atoms with Gasteiger partial charge in [-0.05, 0) is 44.7 Å². The molecule has 21 heavy (non-hydrogen) atoms. The summed E-state index contributed by atoms with van der Waals surface area (Å²) in [6, 6.07) is 0.601. The normalized spacial score (nSPS) is 29.3. The topological polar surface area (TPSA) is 82.2 Å². The fourth-order valence-corrected chi connectivity index (χ4v) is 3.86. The molecule has 3 unspecified atom stereocenters. The quantitative estimate of drug-likeness (QED) is 0.351. The number of oxime groups is 1. The van der Waals surface area contributed by atoms with E-state index >= 15 is 0 Å². The molecule has 3 atom stereocenters. The largest absolute Gasteiger partial charge is 0.409 e. The highest BCUT2D eigenvalue weighted by Crippen LogP contribution is 2.30. The SMILES string of the molecule is CC(C)C(C(=O)N1CCC2C(CCCN2C)C1)C(N)=NO. The lowest BCUT2D eigenvalue weighted by Crippen LogP contribution is -2.56. The minimum absolute atomic E-state index is 0.00646. The number of amides is 1. The molecule has 2 heterocycles. The zero-order chi connectivity index (χ0) is 15.6. The lowest BCUT2D eigenvalue weighted by atomic mass is 9.83. The Morgan fingerprint density at radius 3 is 2.67 bits per heavy atom. The highest BCUT2D eigenvalue weighted by molar-refractivity contribution is 6.02. The van der Waals surface area contributed by atoms with Crippen LogP contribution in [0.5, 0.6) is 0 Å². The van der Waals surface area contributed by atoms with Crippen LogP contribution in [0.1, 0.15) is 33.1 Å². The summed E-state index contributed by atoms with van der Waals surface area (Å²) in [4.78, 5) is 17.1. The third kappa shape index (κ3) is 3.31. The maximum Gasteiger partial charge on any atom is 0.233 e. The summed E-state index contributed by atoms with van der Waals surface area (Å²) in [5, 5.41) is 12.0. The van der Waals surface area contributed by atoms with Gasteiger partial charge in [0, 0.05) is 19.1 Å². The standard InChI is InChI=1S/C15H28N4O2/c1-10(2)13(14(16)17-21)15(20)19-8-6-12-11(9-19)5-4-7-18(12)3/h10-13,21H,4-9H2,1-3H3,(H2,16,17). The molecule has 0 aromatic carbocycles. The average Bonchev–Trinajstić information content (AvgIpc) is 2.46. The van der Waals surface area contributed by atoms with Crippen LogP contribution in [0.4, 0.5) is 0 Å². The van der Waals surface area contributed by atoms with Gasteiger partial charge in [-0.1, -0.05) is 19.0 Å². The first-order valence-electron chi connectivity index (χ1n) is 7.92. The molecular weight excluding hydrogens is 268 g/mol. The van der Waals surface area contributed by atoms with Gasteiger partial charge in [0.2, 0.25) is 5.91 Å². The van der Waals surface area contributed by atoms with Gasteiger partial charge in [0.05, 0.1) is 0 Å². The van der Waals surface area contributed by atoms with Crippen molar-refractivity contribution in [2.24, 2.45) is 28.6 Å². The van der Waals surface area contributed by atoms with Crippen LogP contribution in [-0.4, -0.2) is 59.5 Å². The van der Waals surface area contributed by atoms with E-state index in [9.17, 15) is 4.79 Å². The summed E-state index contributed by atoms with van der Waals surface area (Å²) in [5.41, 5.74) is 5.72. The van der Waals surface area contributed by atoms with Gasteiger partial charge in [-0.3, -0.25) is 4.79 Å². The third-order valence-electron chi connectivity index (χ3n) is 5.02. The fraction of sp³-hybridized carbons (Fsp3) is 0.867. The molecular formula is C15H28N4O2. The number of likely N-dealkylation sites (tertiary alicyclic amines) is 2. The van der Waals surface area contributed by atoms with E-state index in [-0.39, 0.29) is 17.7 Å².